The van der Waals surface area contributed by atoms with Crippen molar-refractivity contribution in [3.8, 4) is 0 Å². The summed E-state index contributed by atoms with van der Waals surface area (Å²) in [5.74, 6) is -0.770. The molecule has 1 aliphatic heterocycles. The maximum Gasteiger partial charge on any atom is 0.256 e. The largest absolute Gasteiger partial charge is 0.390 e. The van der Waals surface area contributed by atoms with Gasteiger partial charge in [-0.2, -0.15) is 0 Å². The van der Waals surface area contributed by atoms with E-state index in [9.17, 15) is 19.1 Å². The molecule has 1 atom stereocenters. The average molecular weight is 430 g/mol. The van der Waals surface area contributed by atoms with E-state index >= 15 is 0 Å². The zero-order chi connectivity index (χ0) is 21.4. The first-order chi connectivity index (χ1) is 14.4. The molecule has 30 heavy (non-hydrogen) atoms. The number of nitrogens with one attached hydrogen (secondary N) is 2. The van der Waals surface area contributed by atoms with Crippen LogP contribution in [0.1, 0.15) is 29.8 Å². The molecule has 0 saturated heterocycles. The molecule has 0 spiro atoms. The Kier molecular flexibility index (Phi) is 5.49. The van der Waals surface area contributed by atoms with Crippen molar-refractivity contribution in [1.82, 2.24) is 9.88 Å². The number of hydrogen-bond donors (Lipinski definition) is 3. The minimum atomic E-state index is -0.621. The number of H-pyrrole nitrogens is 1. The van der Waals surface area contributed by atoms with E-state index in [4.69, 9.17) is 11.6 Å². The number of nitrogens with zero attached hydrogens (tertiary/aromatic N) is 1. The van der Waals surface area contributed by atoms with Crippen LogP contribution in [0.4, 0.5) is 10.1 Å². The highest BCUT2D eigenvalue weighted by Gasteiger charge is 2.27. The topological polar surface area (TPSA) is 85.4 Å². The van der Waals surface area contributed by atoms with Gasteiger partial charge in [0, 0.05) is 17.3 Å². The zero-order valence-corrected chi connectivity index (χ0v) is 17.1. The fourth-order valence-electron chi connectivity index (χ4n) is 3.98. The van der Waals surface area contributed by atoms with Crippen LogP contribution in [-0.4, -0.2) is 34.0 Å². The number of hydrogen-bond acceptors (Lipinski definition) is 4. The van der Waals surface area contributed by atoms with Crippen LogP contribution in [0.15, 0.2) is 41.2 Å². The number of halogens is 2. The first-order valence-electron chi connectivity index (χ1n) is 9.65. The van der Waals surface area contributed by atoms with Gasteiger partial charge in [0.15, 0.2) is 0 Å². The molecular formula is C22H21ClFN3O3. The Balaban J connectivity index is 1.52. The predicted molar refractivity (Wildman–Crippen MR) is 114 cm³/mol. The summed E-state index contributed by atoms with van der Waals surface area (Å²) in [6.07, 6.45) is 0.711. The fraction of sp³-hybridized carbons (Fsp3) is 0.273. The maximum absolute atomic E-state index is 14.5. The number of benzene rings is 2. The van der Waals surface area contributed by atoms with E-state index in [2.05, 4.69) is 10.3 Å². The second-order valence-corrected chi connectivity index (χ2v) is 7.85. The fourth-order valence-corrected chi connectivity index (χ4v) is 4.17. The molecule has 0 unspecified atom stereocenters. The quantitative estimate of drug-likeness (QED) is 0.593. The molecule has 1 aromatic heterocycles. The number of aromatic nitrogens is 1. The Morgan fingerprint density at radius 3 is 2.90 bits per heavy atom. The van der Waals surface area contributed by atoms with Crippen molar-refractivity contribution in [2.45, 2.75) is 26.0 Å². The number of carbonyl (C=O) groups excluding carboxylic acids is 1. The number of fused-ring (bicyclic) bond motifs is 2. The van der Waals surface area contributed by atoms with Gasteiger partial charge in [0.2, 0.25) is 5.91 Å². The van der Waals surface area contributed by atoms with Crippen LogP contribution >= 0.6 is 11.6 Å². The van der Waals surface area contributed by atoms with Crippen LogP contribution in [-0.2, 0) is 17.8 Å². The third-order valence-corrected chi connectivity index (χ3v) is 5.79. The van der Waals surface area contributed by atoms with Gasteiger partial charge in [0.1, 0.15) is 5.82 Å². The number of anilines is 1. The summed E-state index contributed by atoms with van der Waals surface area (Å²) >= 11 is 6.06. The molecule has 3 aromatic rings. The third-order valence-electron chi connectivity index (χ3n) is 5.55. The Bertz CT molecular complexity index is 1190. The van der Waals surface area contributed by atoms with Gasteiger partial charge >= 0.3 is 0 Å². The minimum absolute atomic E-state index is 0.0776. The van der Waals surface area contributed by atoms with E-state index in [1.54, 1.807) is 11.0 Å². The summed E-state index contributed by atoms with van der Waals surface area (Å²) in [5, 5.41) is 13.5. The van der Waals surface area contributed by atoms with E-state index in [-0.39, 0.29) is 36.2 Å². The molecule has 0 bridgehead atoms. The molecule has 1 aliphatic rings. The van der Waals surface area contributed by atoms with Crippen molar-refractivity contribution in [2.24, 2.45) is 0 Å². The second kappa shape index (κ2) is 8.08. The predicted octanol–water partition coefficient (Wildman–Crippen LogP) is 3.37. The minimum Gasteiger partial charge on any atom is -0.390 e. The van der Waals surface area contributed by atoms with Gasteiger partial charge in [0.25, 0.3) is 5.56 Å². The van der Waals surface area contributed by atoms with Crippen molar-refractivity contribution in [1.29, 1.82) is 0 Å². The number of aliphatic hydroxyl groups excluding tert-OH is 1. The number of rotatable bonds is 4. The first kappa shape index (κ1) is 20.4. The SMILES string of the molecule is C[C@H]1c2ccc(Cl)cc2CCN1C(=O)CNc1cc2cc(CO)[nH]c(=O)c2cc1F. The third kappa shape index (κ3) is 3.78. The number of amides is 1. The molecule has 0 radical (unpaired) electrons. The summed E-state index contributed by atoms with van der Waals surface area (Å²) in [6, 6.07) is 9.77. The van der Waals surface area contributed by atoms with Gasteiger partial charge in [0.05, 0.1) is 30.3 Å². The maximum atomic E-state index is 14.5. The summed E-state index contributed by atoms with van der Waals surface area (Å²) in [5.41, 5.74) is 2.19. The van der Waals surface area contributed by atoms with E-state index in [0.717, 1.165) is 17.2 Å². The van der Waals surface area contributed by atoms with Crippen molar-refractivity contribution in [3.63, 3.8) is 0 Å². The van der Waals surface area contributed by atoms with E-state index in [1.807, 2.05) is 25.1 Å². The van der Waals surface area contributed by atoms with Crippen LogP contribution in [0.2, 0.25) is 5.02 Å². The molecule has 0 aliphatic carbocycles. The standard InChI is InChI=1S/C22H21ClFN3O3/c1-12-17-3-2-15(23)6-13(17)4-5-27(12)21(29)10-25-20-8-14-7-16(11-28)26-22(30)18(14)9-19(20)24/h2-3,6-9,12,25,28H,4-5,10-11H2,1H3,(H,26,30)/t12-/m0/s1. The Morgan fingerprint density at radius 1 is 1.33 bits per heavy atom. The Hall–Kier alpha value is -2.90. The summed E-state index contributed by atoms with van der Waals surface area (Å²) < 4.78 is 14.5. The molecular weight excluding hydrogens is 409 g/mol. The van der Waals surface area contributed by atoms with Crippen LogP contribution < -0.4 is 10.9 Å². The van der Waals surface area contributed by atoms with Crippen molar-refractivity contribution in [3.05, 3.63) is 74.4 Å². The molecule has 1 amide bonds. The normalized spacial score (nSPS) is 15.9. The lowest BCUT2D eigenvalue weighted by molar-refractivity contribution is -0.131. The summed E-state index contributed by atoms with van der Waals surface area (Å²) in [7, 11) is 0. The molecule has 2 aromatic carbocycles. The lowest BCUT2D eigenvalue weighted by Crippen LogP contribution is -2.41. The molecule has 8 heteroatoms. The number of aliphatic hydroxyl groups is 1. The van der Waals surface area contributed by atoms with Gasteiger partial charge in [-0.1, -0.05) is 17.7 Å². The average Bonchev–Trinajstić information content (AvgIpc) is 2.72. The van der Waals surface area contributed by atoms with Gasteiger partial charge in [-0.3, -0.25) is 9.59 Å². The van der Waals surface area contributed by atoms with Crippen molar-refractivity contribution < 1.29 is 14.3 Å². The van der Waals surface area contributed by atoms with E-state index in [1.165, 1.54) is 6.07 Å². The molecule has 0 saturated carbocycles. The summed E-state index contributed by atoms with van der Waals surface area (Å²) in [6.45, 7) is 2.11. The first-order valence-corrected chi connectivity index (χ1v) is 10.0. The van der Waals surface area contributed by atoms with Crippen LogP contribution in [0.5, 0.6) is 0 Å². The number of aromatic amines is 1. The second-order valence-electron chi connectivity index (χ2n) is 7.41. The number of pyridine rings is 1. The van der Waals surface area contributed by atoms with Crippen LogP contribution in [0.25, 0.3) is 10.8 Å². The van der Waals surface area contributed by atoms with Gasteiger partial charge in [-0.05, 0) is 60.2 Å². The molecule has 2 heterocycles. The highest BCUT2D eigenvalue weighted by Crippen LogP contribution is 2.31. The van der Waals surface area contributed by atoms with Crippen molar-refractivity contribution >= 4 is 34.0 Å². The summed E-state index contributed by atoms with van der Waals surface area (Å²) in [4.78, 5) is 29.1. The van der Waals surface area contributed by atoms with E-state index < -0.39 is 11.4 Å². The highest BCUT2D eigenvalue weighted by molar-refractivity contribution is 6.30. The molecule has 6 nitrogen and oxygen atoms in total. The smallest absolute Gasteiger partial charge is 0.256 e. The highest BCUT2D eigenvalue weighted by atomic mass is 35.5. The number of carbonyl (C=O) groups is 1. The van der Waals surface area contributed by atoms with Gasteiger partial charge < -0.3 is 20.3 Å². The Labute approximate surface area is 177 Å². The lowest BCUT2D eigenvalue weighted by atomic mass is 9.93. The monoisotopic (exact) mass is 429 g/mol. The molecule has 156 valence electrons. The van der Waals surface area contributed by atoms with Crippen molar-refractivity contribution in [2.75, 3.05) is 18.4 Å². The lowest BCUT2D eigenvalue weighted by Gasteiger charge is -2.35. The van der Waals surface area contributed by atoms with Gasteiger partial charge in [-0.15, -0.1) is 0 Å². The molecule has 4 rings (SSSR count). The molecule has 0 fully saturated rings. The van der Waals surface area contributed by atoms with Gasteiger partial charge in [-0.25, -0.2) is 4.39 Å². The van der Waals surface area contributed by atoms with Crippen LogP contribution in [0.3, 0.4) is 0 Å². The molecule has 3 N–H and O–H groups in total. The Morgan fingerprint density at radius 2 is 2.13 bits per heavy atom. The zero-order valence-electron chi connectivity index (χ0n) is 16.3. The van der Waals surface area contributed by atoms with E-state index in [0.29, 0.717) is 29.1 Å². The van der Waals surface area contributed by atoms with Crippen LogP contribution in [0, 0.1) is 5.82 Å².